The first-order valence-corrected chi connectivity index (χ1v) is 6.44. The Morgan fingerprint density at radius 1 is 1.26 bits per heavy atom. The first kappa shape index (κ1) is 13.6. The maximum atomic E-state index is 12.4. The molecule has 4 nitrogen and oxygen atoms in total. The molecule has 19 heavy (non-hydrogen) atoms. The molecule has 4 heteroatoms. The lowest BCUT2D eigenvalue weighted by Crippen LogP contribution is -2.47. The monoisotopic (exact) mass is 261 g/mol. The molecule has 1 unspecified atom stereocenters. The summed E-state index contributed by atoms with van der Waals surface area (Å²) in [7, 11) is 0. The number of aliphatic carboxylic acids is 1. The van der Waals surface area contributed by atoms with Crippen molar-refractivity contribution >= 4 is 11.9 Å². The number of carbonyl (C=O) groups is 2. The molecule has 0 radical (unpaired) electrons. The lowest BCUT2D eigenvalue weighted by Gasteiger charge is -2.38. The fourth-order valence-corrected chi connectivity index (χ4v) is 2.48. The van der Waals surface area contributed by atoms with E-state index in [1.54, 1.807) is 6.07 Å². The highest BCUT2D eigenvalue weighted by atomic mass is 16.4. The maximum absolute atomic E-state index is 12.4. The summed E-state index contributed by atoms with van der Waals surface area (Å²) >= 11 is 0. The van der Waals surface area contributed by atoms with Crippen molar-refractivity contribution in [3.8, 4) is 0 Å². The number of amides is 1. The third kappa shape index (κ3) is 2.48. The second kappa shape index (κ2) is 4.68. The Morgan fingerprint density at radius 2 is 1.89 bits per heavy atom. The van der Waals surface area contributed by atoms with E-state index in [1.165, 1.54) is 4.90 Å². The molecule has 0 spiro atoms. The van der Waals surface area contributed by atoms with Crippen LogP contribution in [0.3, 0.4) is 0 Å². The Balaban J connectivity index is 2.44. The van der Waals surface area contributed by atoms with E-state index in [2.05, 4.69) is 0 Å². The summed E-state index contributed by atoms with van der Waals surface area (Å²) in [5.41, 5.74) is 1.19. The van der Waals surface area contributed by atoms with Crippen LogP contribution in [0.4, 0.5) is 0 Å². The number of carboxylic acids is 1. The van der Waals surface area contributed by atoms with Crippen LogP contribution < -0.4 is 0 Å². The number of nitrogens with zero attached hydrogens (tertiary/aromatic N) is 1. The van der Waals surface area contributed by atoms with Gasteiger partial charge >= 0.3 is 5.97 Å². The van der Waals surface area contributed by atoms with Crippen molar-refractivity contribution in [1.82, 2.24) is 4.90 Å². The van der Waals surface area contributed by atoms with Gasteiger partial charge in [-0.3, -0.25) is 4.79 Å². The van der Waals surface area contributed by atoms with Crippen molar-refractivity contribution in [1.29, 1.82) is 0 Å². The van der Waals surface area contributed by atoms with Gasteiger partial charge < -0.3 is 10.0 Å². The SMILES string of the molecule is CC(C)(C)C(=O)N1CCc2ccccc2C1C(=O)O. The highest BCUT2D eigenvalue weighted by molar-refractivity contribution is 5.88. The Labute approximate surface area is 113 Å². The number of hydrogen-bond donors (Lipinski definition) is 1. The lowest BCUT2D eigenvalue weighted by molar-refractivity contribution is -0.155. The zero-order chi connectivity index (χ0) is 14.2. The van der Waals surface area contributed by atoms with Gasteiger partial charge in [0.15, 0.2) is 6.04 Å². The molecule has 0 fully saturated rings. The van der Waals surface area contributed by atoms with Crippen molar-refractivity contribution in [2.45, 2.75) is 33.2 Å². The van der Waals surface area contributed by atoms with E-state index >= 15 is 0 Å². The van der Waals surface area contributed by atoms with Crippen molar-refractivity contribution in [2.75, 3.05) is 6.54 Å². The average Bonchev–Trinajstić information content (AvgIpc) is 2.35. The number of carbonyl (C=O) groups excluding carboxylic acids is 1. The fourth-order valence-electron chi connectivity index (χ4n) is 2.48. The van der Waals surface area contributed by atoms with Crippen LogP contribution in [-0.4, -0.2) is 28.4 Å². The Bertz CT molecular complexity index is 516. The smallest absolute Gasteiger partial charge is 0.331 e. The minimum absolute atomic E-state index is 0.116. The molecule has 102 valence electrons. The number of benzene rings is 1. The van der Waals surface area contributed by atoms with Crippen LogP contribution in [-0.2, 0) is 16.0 Å². The summed E-state index contributed by atoms with van der Waals surface area (Å²) in [5, 5.41) is 9.48. The molecule has 1 amide bonds. The van der Waals surface area contributed by atoms with Gasteiger partial charge in [-0.1, -0.05) is 45.0 Å². The van der Waals surface area contributed by atoms with Gasteiger partial charge in [-0.2, -0.15) is 0 Å². The van der Waals surface area contributed by atoms with Crippen LogP contribution in [0.15, 0.2) is 24.3 Å². The normalized spacial score (nSPS) is 18.9. The fraction of sp³-hybridized carbons (Fsp3) is 0.467. The number of hydrogen-bond acceptors (Lipinski definition) is 2. The van der Waals surface area contributed by atoms with Gasteiger partial charge in [-0.15, -0.1) is 0 Å². The van der Waals surface area contributed by atoms with Crippen molar-refractivity contribution in [2.24, 2.45) is 5.41 Å². The topological polar surface area (TPSA) is 57.6 Å². The summed E-state index contributed by atoms with van der Waals surface area (Å²) in [6, 6.07) is 6.59. The predicted molar refractivity (Wildman–Crippen MR) is 71.7 cm³/mol. The summed E-state index contributed by atoms with van der Waals surface area (Å²) in [6.07, 6.45) is 0.710. The number of rotatable bonds is 1. The molecule has 0 saturated heterocycles. The summed E-state index contributed by atoms with van der Waals surface area (Å²) < 4.78 is 0. The third-order valence-corrected chi connectivity index (χ3v) is 3.42. The molecule has 0 bridgehead atoms. The van der Waals surface area contributed by atoms with Crippen LogP contribution >= 0.6 is 0 Å². The zero-order valence-electron chi connectivity index (χ0n) is 11.5. The largest absolute Gasteiger partial charge is 0.479 e. The van der Waals surface area contributed by atoms with Crippen LogP contribution in [0.2, 0.25) is 0 Å². The quantitative estimate of drug-likeness (QED) is 0.843. The highest BCUT2D eigenvalue weighted by Gasteiger charge is 2.39. The first-order chi connectivity index (χ1) is 8.82. The molecule has 1 heterocycles. The molecule has 1 aromatic carbocycles. The van der Waals surface area contributed by atoms with Crippen molar-refractivity contribution in [3.05, 3.63) is 35.4 Å². The van der Waals surface area contributed by atoms with Crippen LogP contribution in [0, 0.1) is 5.41 Å². The molecule has 1 aromatic rings. The molecule has 1 atom stereocenters. The molecular formula is C15H19NO3. The second-order valence-corrected chi connectivity index (χ2v) is 5.94. The summed E-state index contributed by atoms with van der Waals surface area (Å²) in [5.74, 6) is -1.08. The van der Waals surface area contributed by atoms with Gasteiger partial charge in [-0.05, 0) is 17.5 Å². The Hall–Kier alpha value is -1.84. The van der Waals surface area contributed by atoms with Crippen LogP contribution in [0.5, 0.6) is 0 Å². The molecule has 1 aliphatic rings. The van der Waals surface area contributed by atoms with Gasteiger partial charge in [0.2, 0.25) is 5.91 Å². The Kier molecular flexibility index (Phi) is 3.35. The third-order valence-electron chi connectivity index (χ3n) is 3.42. The van der Waals surface area contributed by atoms with E-state index in [-0.39, 0.29) is 5.91 Å². The maximum Gasteiger partial charge on any atom is 0.331 e. The van der Waals surface area contributed by atoms with Gasteiger partial charge in [0, 0.05) is 12.0 Å². The summed E-state index contributed by atoms with van der Waals surface area (Å²) in [6.45, 7) is 5.91. The van der Waals surface area contributed by atoms with Gasteiger partial charge in [0.05, 0.1) is 0 Å². The van der Waals surface area contributed by atoms with Crippen molar-refractivity contribution in [3.63, 3.8) is 0 Å². The molecule has 0 aromatic heterocycles. The van der Waals surface area contributed by atoms with E-state index in [1.807, 2.05) is 39.0 Å². The summed E-state index contributed by atoms with van der Waals surface area (Å²) in [4.78, 5) is 25.5. The minimum atomic E-state index is -0.968. The highest BCUT2D eigenvalue weighted by Crippen LogP contribution is 2.33. The molecule has 2 rings (SSSR count). The minimum Gasteiger partial charge on any atom is -0.479 e. The average molecular weight is 261 g/mol. The lowest BCUT2D eigenvalue weighted by atomic mass is 9.88. The molecular weight excluding hydrogens is 242 g/mol. The number of carboxylic acid groups (broad SMARTS) is 1. The molecule has 1 N–H and O–H groups in total. The molecule has 0 saturated carbocycles. The van der Waals surface area contributed by atoms with E-state index in [9.17, 15) is 14.7 Å². The number of fused-ring (bicyclic) bond motifs is 1. The van der Waals surface area contributed by atoms with Gasteiger partial charge in [-0.25, -0.2) is 4.79 Å². The van der Waals surface area contributed by atoms with E-state index < -0.39 is 17.4 Å². The molecule has 1 aliphatic heterocycles. The van der Waals surface area contributed by atoms with E-state index in [0.29, 0.717) is 13.0 Å². The van der Waals surface area contributed by atoms with Crippen LogP contribution in [0.1, 0.15) is 37.9 Å². The van der Waals surface area contributed by atoms with Gasteiger partial charge in [0.25, 0.3) is 0 Å². The van der Waals surface area contributed by atoms with Crippen LogP contribution in [0.25, 0.3) is 0 Å². The van der Waals surface area contributed by atoms with Gasteiger partial charge in [0.1, 0.15) is 0 Å². The second-order valence-electron chi connectivity index (χ2n) is 5.94. The van der Waals surface area contributed by atoms with E-state index in [0.717, 1.165) is 11.1 Å². The van der Waals surface area contributed by atoms with E-state index in [4.69, 9.17) is 0 Å². The van der Waals surface area contributed by atoms with Crippen molar-refractivity contribution < 1.29 is 14.7 Å². The predicted octanol–water partition coefficient (Wildman–Crippen LogP) is 2.24. The standard InChI is InChI=1S/C15H19NO3/c1-15(2,3)14(19)16-9-8-10-6-4-5-7-11(10)12(16)13(17)18/h4-7,12H,8-9H2,1-3H3,(H,17,18). The molecule has 0 aliphatic carbocycles. The first-order valence-electron chi connectivity index (χ1n) is 6.44. The Morgan fingerprint density at radius 3 is 2.47 bits per heavy atom. The zero-order valence-corrected chi connectivity index (χ0v) is 11.5.